The first-order chi connectivity index (χ1) is 7.69. The quantitative estimate of drug-likeness (QED) is 0.771. The highest BCUT2D eigenvalue weighted by molar-refractivity contribution is 4.96. The summed E-state index contributed by atoms with van der Waals surface area (Å²) in [5.41, 5.74) is 0. The second kappa shape index (κ2) is 4.58. The fourth-order valence-corrected chi connectivity index (χ4v) is 2.40. The van der Waals surface area contributed by atoms with Gasteiger partial charge in [0.15, 0.2) is 12.1 Å². The third kappa shape index (κ3) is 1.76. The highest BCUT2D eigenvalue weighted by Gasteiger charge is 2.57. The molecular formula is C11H20O5. The van der Waals surface area contributed by atoms with Gasteiger partial charge in [0.05, 0.1) is 6.61 Å². The molecule has 16 heavy (non-hydrogen) atoms. The summed E-state index contributed by atoms with van der Waals surface area (Å²) in [5.74, 6) is -0.538. The van der Waals surface area contributed by atoms with Crippen LogP contribution in [0.4, 0.5) is 0 Å². The van der Waals surface area contributed by atoms with Crippen LogP contribution in [0.3, 0.4) is 0 Å². The van der Waals surface area contributed by atoms with Gasteiger partial charge in [-0.2, -0.15) is 0 Å². The van der Waals surface area contributed by atoms with Crippen LogP contribution in [0.15, 0.2) is 0 Å². The molecule has 2 fully saturated rings. The van der Waals surface area contributed by atoms with Crippen LogP contribution in [0.5, 0.6) is 0 Å². The Balaban J connectivity index is 2.14. The molecule has 5 heteroatoms. The molecule has 2 saturated heterocycles. The van der Waals surface area contributed by atoms with Crippen LogP contribution in [-0.2, 0) is 18.9 Å². The highest BCUT2D eigenvalue weighted by atomic mass is 16.8. The van der Waals surface area contributed by atoms with Crippen molar-refractivity contribution in [1.82, 2.24) is 0 Å². The lowest BCUT2D eigenvalue weighted by molar-refractivity contribution is -0.246. The predicted molar refractivity (Wildman–Crippen MR) is 55.8 cm³/mol. The van der Waals surface area contributed by atoms with Gasteiger partial charge < -0.3 is 24.1 Å². The van der Waals surface area contributed by atoms with E-state index in [1.54, 1.807) is 7.11 Å². The number of ether oxygens (including phenoxy) is 4. The Kier molecular flexibility index (Phi) is 3.51. The normalized spacial score (nSPS) is 41.2. The summed E-state index contributed by atoms with van der Waals surface area (Å²) >= 11 is 0. The molecule has 5 nitrogen and oxygen atoms in total. The number of hydrogen-bond acceptors (Lipinski definition) is 5. The zero-order valence-corrected chi connectivity index (χ0v) is 10.0. The fraction of sp³-hybridized carbons (Fsp3) is 1.00. The van der Waals surface area contributed by atoms with Crippen LogP contribution in [-0.4, -0.2) is 49.2 Å². The molecular weight excluding hydrogens is 212 g/mol. The summed E-state index contributed by atoms with van der Waals surface area (Å²) in [6.45, 7) is 3.98. The van der Waals surface area contributed by atoms with Crippen molar-refractivity contribution in [2.45, 2.75) is 57.1 Å². The van der Waals surface area contributed by atoms with E-state index in [9.17, 15) is 5.11 Å². The van der Waals surface area contributed by atoms with Gasteiger partial charge in [-0.3, -0.25) is 0 Å². The largest absolute Gasteiger partial charge is 0.394 e. The van der Waals surface area contributed by atoms with E-state index in [0.717, 1.165) is 12.8 Å². The number of rotatable bonds is 4. The standard InChI is InChI=1S/C11H20O5/c1-4-11(5-2)15-8-7(6-12)14-10(13-3)9(8)16-11/h7-10,12H,4-6H2,1-3H3/t7-,8-,9-,10-/m1/s1. The Hall–Kier alpha value is -0.200. The highest BCUT2D eigenvalue weighted by Crippen LogP contribution is 2.42. The SMILES string of the molecule is CCC1(CC)O[C@H]2[C@H](OC)O[C@H](CO)[C@H]2O1. The van der Waals surface area contributed by atoms with E-state index in [4.69, 9.17) is 18.9 Å². The molecule has 0 aromatic heterocycles. The summed E-state index contributed by atoms with van der Waals surface area (Å²) in [7, 11) is 1.57. The van der Waals surface area contributed by atoms with E-state index in [2.05, 4.69) is 0 Å². The van der Waals surface area contributed by atoms with Crippen molar-refractivity contribution in [3.63, 3.8) is 0 Å². The number of methoxy groups -OCH3 is 1. The van der Waals surface area contributed by atoms with Crippen LogP contribution >= 0.6 is 0 Å². The third-order valence-electron chi connectivity index (χ3n) is 3.46. The molecule has 2 heterocycles. The minimum absolute atomic E-state index is 0.0755. The lowest BCUT2D eigenvalue weighted by Crippen LogP contribution is -2.35. The molecule has 0 aromatic rings. The number of aliphatic hydroxyl groups excluding tert-OH is 1. The van der Waals surface area contributed by atoms with Gasteiger partial charge in [0.2, 0.25) is 0 Å². The van der Waals surface area contributed by atoms with Crippen LogP contribution in [0, 0.1) is 0 Å². The molecule has 1 N–H and O–H groups in total. The van der Waals surface area contributed by atoms with Crippen molar-refractivity contribution in [3.05, 3.63) is 0 Å². The molecule has 94 valence electrons. The molecule has 0 spiro atoms. The van der Waals surface area contributed by atoms with E-state index in [0.29, 0.717) is 0 Å². The van der Waals surface area contributed by atoms with E-state index >= 15 is 0 Å². The van der Waals surface area contributed by atoms with Gasteiger partial charge in [-0.1, -0.05) is 13.8 Å². The zero-order chi connectivity index (χ0) is 11.8. The van der Waals surface area contributed by atoms with Gasteiger partial charge in [-0.15, -0.1) is 0 Å². The summed E-state index contributed by atoms with van der Waals surface area (Å²) in [6.07, 6.45) is 0.310. The molecule has 0 saturated carbocycles. The predicted octanol–water partition coefficient (Wildman–Crippen LogP) is 0.650. The van der Waals surface area contributed by atoms with Crippen molar-refractivity contribution in [2.24, 2.45) is 0 Å². The first kappa shape index (κ1) is 12.3. The Labute approximate surface area is 95.6 Å². The molecule has 0 bridgehead atoms. The second-order valence-electron chi connectivity index (χ2n) is 4.24. The van der Waals surface area contributed by atoms with Crippen molar-refractivity contribution in [3.8, 4) is 0 Å². The van der Waals surface area contributed by atoms with Gasteiger partial charge in [-0.05, 0) is 12.8 Å². The zero-order valence-electron chi connectivity index (χ0n) is 10.0. The molecule has 0 radical (unpaired) electrons. The molecule has 0 unspecified atom stereocenters. The summed E-state index contributed by atoms with van der Waals surface area (Å²) in [5, 5.41) is 9.23. The lowest BCUT2D eigenvalue weighted by atomic mass is 10.1. The summed E-state index contributed by atoms with van der Waals surface area (Å²) in [6, 6.07) is 0. The summed E-state index contributed by atoms with van der Waals surface area (Å²) in [4.78, 5) is 0. The van der Waals surface area contributed by atoms with Gasteiger partial charge in [0.1, 0.15) is 18.3 Å². The maximum Gasteiger partial charge on any atom is 0.186 e. The monoisotopic (exact) mass is 232 g/mol. The Morgan fingerprint density at radius 1 is 1.19 bits per heavy atom. The molecule has 2 rings (SSSR count). The lowest BCUT2D eigenvalue weighted by Gasteiger charge is -2.28. The van der Waals surface area contributed by atoms with Crippen molar-refractivity contribution >= 4 is 0 Å². The van der Waals surface area contributed by atoms with E-state index < -0.39 is 12.1 Å². The summed E-state index contributed by atoms with van der Waals surface area (Å²) < 4.78 is 22.5. The van der Waals surface area contributed by atoms with E-state index in [1.165, 1.54) is 0 Å². The van der Waals surface area contributed by atoms with Gasteiger partial charge in [-0.25, -0.2) is 0 Å². The molecule has 0 amide bonds. The number of fused-ring (bicyclic) bond motifs is 1. The maximum atomic E-state index is 9.23. The van der Waals surface area contributed by atoms with Gasteiger partial charge in [0.25, 0.3) is 0 Å². The minimum Gasteiger partial charge on any atom is -0.394 e. The molecule has 0 aliphatic carbocycles. The third-order valence-corrected chi connectivity index (χ3v) is 3.46. The fourth-order valence-electron chi connectivity index (χ4n) is 2.40. The average molecular weight is 232 g/mol. The number of aliphatic hydroxyl groups is 1. The van der Waals surface area contributed by atoms with E-state index in [-0.39, 0.29) is 24.9 Å². The van der Waals surface area contributed by atoms with Crippen molar-refractivity contribution in [1.29, 1.82) is 0 Å². The minimum atomic E-state index is -0.538. The second-order valence-corrected chi connectivity index (χ2v) is 4.24. The van der Waals surface area contributed by atoms with Crippen LogP contribution in [0.1, 0.15) is 26.7 Å². The molecule has 2 aliphatic rings. The topological polar surface area (TPSA) is 57.2 Å². The number of hydrogen-bond donors (Lipinski definition) is 1. The first-order valence-electron chi connectivity index (χ1n) is 5.84. The van der Waals surface area contributed by atoms with Gasteiger partial charge in [0, 0.05) is 7.11 Å². The Morgan fingerprint density at radius 2 is 1.81 bits per heavy atom. The molecule has 0 aromatic carbocycles. The van der Waals surface area contributed by atoms with Gasteiger partial charge >= 0.3 is 0 Å². The first-order valence-corrected chi connectivity index (χ1v) is 5.84. The van der Waals surface area contributed by atoms with Crippen molar-refractivity contribution < 1.29 is 24.1 Å². The Morgan fingerprint density at radius 3 is 2.31 bits per heavy atom. The smallest absolute Gasteiger partial charge is 0.186 e. The average Bonchev–Trinajstić information content (AvgIpc) is 2.84. The van der Waals surface area contributed by atoms with Crippen molar-refractivity contribution in [2.75, 3.05) is 13.7 Å². The van der Waals surface area contributed by atoms with Crippen LogP contribution < -0.4 is 0 Å². The van der Waals surface area contributed by atoms with Crippen LogP contribution in [0.2, 0.25) is 0 Å². The Bertz CT molecular complexity index is 221. The van der Waals surface area contributed by atoms with E-state index in [1.807, 2.05) is 13.8 Å². The van der Waals surface area contributed by atoms with Crippen LogP contribution in [0.25, 0.3) is 0 Å². The maximum absolute atomic E-state index is 9.23. The molecule has 4 atom stereocenters. The molecule has 2 aliphatic heterocycles.